The summed E-state index contributed by atoms with van der Waals surface area (Å²) in [4.78, 5) is 10.2. The van der Waals surface area contributed by atoms with Crippen LogP contribution in [-0.2, 0) is 4.79 Å². The third-order valence-electron chi connectivity index (χ3n) is 1.15. The van der Waals surface area contributed by atoms with Gasteiger partial charge in [0.25, 0.3) is 0 Å². The molecular formula is C5H12N2O2. The molecule has 5 N–H and O–H groups in total. The van der Waals surface area contributed by atoms with E-state index in [1.54, 1.807) is 0 Å². The molecule has 0 aliphatic heterocycles. The smallest absolute Gasteiger partial charge is 0.323 e. The fourth-order valence-corrected chi connectivity index (χ4v) is 0.407. The van der Waals surface area contributed by atoms with Gasteiger partial charge < -0.3 is 16.6 Å². The van der Waals surface area contributed by atoms with E-state index in [9.17, 15) is 4.79 Å². The summed E-state index contributed by atoms with van der Waals surface area (Å²) in [6, 6.07) is 0. The van der Waals surface area contributed by atoms with Crippen LogP contribution in [0.3, 0.4) is 0 Å². The van der Waals surface area contributed by atoms with Crippen LogP contribution in [0.5, 0.6) is 0 Å². The van der Waals surface area contributed by atoms with Crippen molar-refractivity contribution in [3.63, 3.8) is 0 Å². The Kier molecular flexibility index (Phi) is 2.61. The maximum Gasteiger partial charge on any atom is 0.323 e. The topological polar surface area (TPSA) is 89.3 Å². The first-order chi connectivity index (χ1) is 4.00. The highest BCUT2D eigenvalue weighted by Gasteiger charge is 2.26. The summed E-state index contributed by atoms with van der Waals surface area (Å²) < 4.78 is 0. The minimum absolute atomic E-state index is 0.305. The number of aliphatic carboxylic acids is 1. The molecule has 0 aromatic heterocycles. The molecule has 0 rings (SSSR count). The molecule has 0 spiro atoms. The van der Waals surface area contributed by atoms with E-state index in [-0.39, 0.29) is 0 Å². The van der Waals surface area contributed by atoms with Crippen LogP contribution in [0, 0.1) is 0 Å². The van der Waals surface area contributed by atoms with Gasteiger partial charge in [-0.05, 0) is 19.9 Å². The van der Waals surface area contributed by atoms with Gasteiger partial charge in [0.05, 0.1) is 0 Å². The minimum Gasteiger partial charge on any atom is -0.480 e. The third-order valence-corrected chi connectivity index (χ3v) is 1.15. The van der Waals surface area contributed by atoms with Crippen molar-refractivity contribution >= 4 is 5.97 Å². The second kappa shape index (κ2) is 2.80. The number of rotatable bonds is 3. The Balaban J connectivity index is 3.85. The fourth-order valence-electron chi connectivity index (χ4n) is 0.407. The SMILES string of the molecule is C[C@](N)(CCN)C(=O)O. The minimum atomic E-state index is -1.16. The standard InChI is InChI=1S/C5H12N2O2/c1-5(7,2-3-6)4(8)9/h2-3,6-7H2,1H3,(H,8,9)/t5-/m0/s1. The lowest BCUT2D eigenvalue weighted by Gasteiger charge is -2.16. The molecule has 0 aromatic carbocycles. The summed E-state index contributed by atoms with van der Waals surface area (Å²) >= 11 is 0. The van der Waals surface area contributed by atoms with Crippen molar-refractivity contribution in [2.45, 2.75) is 18.9 Å². The van der Waals surface area contributed by atoms with Gasteiger partial charge in [0.1, 0.15) is 5.54 Å². The highest BCUT2D eigenvalue weighted by atomic mass is 16.4. The summed E-state index contributed by atoms with van der Waals surface area (Å²) in [5.74, 6) is -1.01. The van der Waals surface area contributed by atoms with Gasteiger partial charge in [0.2, 0.25) is 0 Å². The van der Waals surface area contributed by atoms with Gasteiger partial charge in [0, 0.05) is 0 Å². The number of carbonyl (C=O) groups is 1. The number of carboxylic acids is 1. The van der Waals surface area contributed by atoms with Gasteiger partial charge in [-0.3, -0.25) is 4.79 Å². The maximum absolute atomic E-state index is 10.2. The van der Waals surface area contributed by atoms with E-state index in [1.807, 2.05) is 0 Å². The monoisotopic (exact) mass is 132 g/mol. The molecular weight excluding hydrogens is 120 g/mol. The third kappa shape index (κ3) is 2.43. The van der Waals surface area contributed by atoms with E-state index in [0.29, 0.717) is 13.0 Å². The fraction of sp³-hybridized carbons (Fsp3) is 0.800. The molecule has 0 radical (unpaired) electrons. The Hall–Kier alpha value is -0.610. The van der Waals surface area contributed by atoms with Crippen LogP contribution in [0.25, 0.3) is 0 Å². The van der Waals surface area contributed by atoms with Crippen LogP contribution in [-0.4, -0.2) is 23.2 Å². The van der Waals surface area contributed by atoms with Crippen molar-refractivity contribution in [1.29, 1.82) is 0 Å². The quantitative estimate of drug-likeness (QED) is 0.466. The molecule has 0 aliphatic carbocycles. The van der Waals surface area contributed by atoms with Gasteiger partial charge in [0.15, 0.2) is 0 Å². The van der Waals surface area contributed by atoms with Crippen molar-refractivity contribution in [2.75, 3.05) is 6.54 Å². The van der Waals surface area contributed by atoms with E-state index in [2.05, 4.69) is 0 Å². The lowest BCUT2D eigenvalue weighted by Crippen LogP contribution is -2.46. The predicted molar refractivity (Wildman–Crippen MR) is 33.9 cm³/mol. The van der Waals surface area contributed by atoms with E-state index in [1.165, 1.54) is 6.92 Å². The summed E-state index contributed by atoms with van der Waals surface area (Å²) in [6.45, 7) is 1.75. The Labute approximate surface area is 53.8 Å². The van der Waals surface area contributed by atoms with Crippen LogP contribution >= 0.6 is 0 Å². The number of hydrogen-bond donors (Lipinski definition) is 3. The molecule has 0 saturated heterocycles. The van der Waals surface area contributed by atoms with Gasteiger partial charge in [-0.15, -0.1) is 0 Å². The molecule has 9 heavy (non-hydrogen) atoms. The lowest BCUT2D eigenvalue weighted by molar-refractivity contribution is -0.142. The van der Waals surface area contributed by atoms with Crippen LogP contribution < -0.4 is 11.5 Å². The Morgan fingerprint density at radius 1 is 1.78 bits per heavy atom. The number of hydrogen-bond acceptors (Lipinski definition) is 3. The molecule has 0 heterocycles. The number of carboxylic acid groups (broad SMARTS) is 1. The molecule has 0 unspecified atom stereocenters. The van der Waals surface area contributed by atoms with Crippen molar-refractivity contribution in [3.05, 3.63) is 0 Å². The van der Waals surface area contributed by atoms with E-state index in [0.717, 1.165) is 0 Å². The summed E-state index contributed by atoms with van der Waals surface area (Å²) in [5, 5.41) is 8.39. The Bertz CT molecular complexity index is 112. The Morgan fingerprint density at radius 2 is 2.22 bits per heavy atom. The normalized spacial score (nSPS) is 16.8. The van der Waals surface area contributed by atoms with Crippen molar-refractivity contribution in [2.24, 2.45) is 11.5 Å². The van der Waals surface area contributed by atoms with Gasteiger partial charge in [-0.1, -0.05) is 0 Å². The van der Waals surface area contributed by atoms with Gasteiger partial charge in [-0.25, -0.2) is 0 Å². The molecule has 0 aliphatic rings. The molecule has 0 aromatic rings. The van der Waals surface area contributed by atoms with Crippen LogP contribution in [0.15, 0.2) is 0 Å². The van der Waals surface area contributed by atoms with Crippen LogP contribution in [0.4, 0.5) is 0 Å². The van der Waals surface area contributed by atoms with Crippen LogP contribution in [0.2, 0.25) is 0 Å². The van der Waals surface area contributed by atoms with Gasteiger partial charge >= 0.3 is 5.97 Å². The van der Waals surface area contributed by atoms with Crippen molar-refractivity contribution in [1.82, 2.24) is 0 Å². The molecule has 4 nitrogen and oxygen atoms in total. The zero-order chi connectivity index (χ0) is 7.49. The maximum atomic E-state index is 10.2. The molecule has 0 bridgehead atoms. The molecule has 4 heteroatoms. The molecule has 0 saturated carbocycles. The van der Waals surface area contributed by atoms with Crippen LogP contribution in [0.1, 0.15) is 13.3 Å². The second-order valence-corrected chi connectivity index (χ2v) is 2.26. The van der Waals surface area contributed by atoms with E-state index < -0.39 is 11.5 Å². The Morgan fingerprint density at radius 3 is 2.33 bits per heavy atom. The predicted octanol–water partition coefficient (Wildman–Crippen LogP) is -0.863. The van der Waals surface area contributed by atoms with Crippen molar-refractivity contribution in [3.8, 4) is 0 Å². The zero-order valence-corrected chi connectivity index (χ0v) is 5.42. The average molecular weight is 132 g/mol. The van der Waals surface area contributed by atoms with Gasteiger partial charge in [-0.2, -0.15) is 0 Å². The first-order valence-electron chi connectivity index (χ1n) is 2.73. The highest BCUT2D eigenvalue weighted by Crippen LogP contribution is 2.02. The largest absolute Gasteiger partial charge is 0.480 e. The van der Waals surface area contributed by atoms with E-state index >= 15 is 0 Å². The second-order valence-electron chi connectivity index (χ2n) is 2.26. The molecule has 0 amide bonds. The summed E-state index contributed by atoms with van der Waals surface area (Å²) in [6.07, 6.45) is 0.308. The molecule has 1 atom stereocenters. The summed E-state index contributed by atoms with van der Waals surface area (Å²) in [5.41, 5.74) is 9.24. The molecule has 54 valence electrons. The lowest BCUT2D eigenvalue weighted by atomic mass is 10.0. The van der Waals surface area contributed by atoms with Crippen molar-refractivity contribution < 1.29 is 9.90 Å². The summed E-state index contributed by atoms with van der Waals surface area (Å²) in [7, 11) is 0. The first-order valence-corrected chi connectivity index (χ1v) is 2.73. The highest BCUT2D eigenvalue weighted by molar-refractivity contribution is 5.77. The first kappa shape index (κ1) is 8.39. The van der Waals surface area contributed by atoms with E-state index in [4.69, 9.17) is 16.6 Å². The molecule has 0 fully saturated rings. The number of nitrogens with two attached hydrogens (primary N) is 2. The average Bonchev–Trinajstić information content (AvgIpc) is 1.65. The zero-order valence-electron chi connectivity index (χ0n) is 5.42.